The Labute approximate surface area is 118 Å². The largest absolute Gasteiger partial charge is 0.440 e. The molecule has 0 saturated heterocycles. The summed E-state index contributed by atoms with van der Waals surface area (Å²) in [6.45, 7) is 0. The normalized spacial score (nSPS) is 12.1. The van der Waals surface area contributed by atoms with E-state index in [4.69, 9.17) is 15.1 Å². The fraction of sp³-hybridized carbons (Fsp3) is 0.0833. The molecule has 3 rings (SSSR count). The molecule has 0 unspecified atom stereocenters. The molecule has 0 bridgehead atoms. The van der Waals surface area contributed by atoms with Crippen LogP contribution in [0.2, 0.25) is 0 Å². The fourth-order valence-electron chi connectivity index (χ4n) is 1.74. The van der Waals surface area contributed by atoms with Gasteiger partial charge in [-0.3, -0.25) is 0 Å². The van der Waals surface area contributed by atoms with E-state index in [0.29, 0.717) is 23.4 Å². The van der Waals surface area contributed by atoms with Crippen molar-refractivity contribution in [2.75, 3.05) is 0 Å². The number of rotatable bonds is 3. The van der Waals surface area contributed by atoms with Gasteiger partial charge in [0.25, 0.3) is 9.05 Å². The highest BCUT2D eigenvalue weighted by molar-refractivity contribution is 8.13. The van der Waals surface area contributed by atoms with Crippen LogP contribution in [0, 0.1) is 0 Å². The first-order valence-electron chi connectivity index (χ1n) is 5.39. The molecule has 3 aromatic rings. The number of fused-ring (bicyclic) bond motifs is 1. The highest BCUT2D eigenvalue weighted by Crippen LogP contribution is 2.24. The molecule has 0 aliphatic heterocycles. The smallest absolute Gasteiger partial charge is 0.261 e. The van der Waals surface area contributed by atoms with Crippen molar-refractivity contribution in [3.05, 3.63) is 46.5 Å². The van der Waals surface area contributed by atoms with Crippen molar-refractivity contribution in [2.24, 2.45) is 0 Å². The fourth-order valence-corrected chi connectivity index (χ4v) is 3.20. The molecular weight excluding hydrogens is 306 g/mol. The van der Waals surface area contributed by atoms with Crippen molar-refractivity contribution in [1.82, 2.24) is 4.98 Å². The Bertz CT molecular complexity index is 822. The molecule has 0 spiro atoms. The first kappa shape index (κ1) is 12.7. The maximum atomic E-state index is 11.2. The highest BCUT2D eigenvalue weighted by atomic mass is 35.7. The summed E-state index contributed by atoms with van der Waals surface area (Å²) in [6.07, 6.45) is 0.593. The first-order valence-corrected chi connectivity index (χ1v) is 8.58. The summed E-state index contributed by atoms with van der Waals surface area (Å²) < 4.78 is 28.0. The molecule has 0 fully saturated rings. The molecule has 0 N–H and O–H groups in total. The van der Waals surface area contributed by atoms with Crippen LogP contribution in [-0.4, -0.2) is 13.4 Å². The predicted octanol–water partition coefficient (Wildman–Crippen LogP) is 3.41. The van der Waals surface area contributed by atoms with Crippen LogP contribution in [0.25, 0.3) is 11.1 Å². The minimum absolute atomic E-state index is 0.0143. The number of hydrogen-bond donors (Lipinski definition) is 0. The van der Waals surface area contributed by atoms with Gasteiger partial charge in [-0.15, -0.1) is 11.3 Å². The van der Waals surface area contributed by atoms with Gasteiger partial charge in [0.1, 0.15) is 5.52 Å². The Kier molecular flexibility index (Phi) is 3.08. The van der Waals surface area contributed by atoms with Crippen LogP contribution in [-0.2, 0) is 15.5 Å². The topological polar surface area (TPSA) is 60.2 Å². The lowest BCUT2D eigenvalue weighted by molar-refractivity contribution is 0.544. The summed E-state index contributed by atoms with van der Waals surface area (Å²) >= 11 is 1.62. The lowest BCUT2D eigenvalue weighted by Crippen LogP contribution is -1.88. The molecule has 4 nitrogen and oxygen atoms in total. The third-order valence-corrected chi connectivity index (χ3v) is 4.82. The zero-order valence-corrected chi connectivity index (χ0v) is 11.9. The van der Waals surface area contributed by atoms with Gasteiger partial charge in [-0.25, -0.2) is 13.4 Å². The Hall–Kier alpha value is -1.37. The molecule has 7 heteroatoms. The molecule has 0 atom stereocenters. The van der Waals surface area contributed by atoms with Crippen LogP contribution in [0.1, 0.15) is 10.8 Å². The maximum absolute atomic E-state index is 11.2. The Morgan fingerprint density at radius 1 is 1.32 bits per heavy atom. The number of halogens is 1. The minimum Gasteiger partial charge on any atom is -0.440 e. The first-order chi connectivity index (χ1) is 9.02. The standard InChI is InChI=1S/C12H8ClNO3S2/c13-19(15,16)9-3-4-10-11(7-9)17-12(14-10)6-8-2-1-5-18-8/h1-5,7H,6H2. The van der Waals surface area contributed by atoms with Crippen LogP contribution < -0.4 is 0 Å². The van der Waals surface area contributed by atoms with E-state index in [2.05, 4.69) is 4.98 Å². The Morgan fingerprint density at radius 3 is 2.84 bits per heavy atom. The monoisotopic (exact) mass is 313 g/mol. The lowest BCUT2D eigenvalue weighted by atomic mass is 10.3. The maximum Gasteiger partial charge on any atom is 0.261 e. The second kappa shape index (κ2) is 4.63. The average Bonchev–Trinajstić information content (AvgIpc) is 2.95. The van der Waals surface area contributed by atoms with Crippen LogP contribution in [0.5, 0.6) is 0 Å². The molecule has 0 aliphatic carbocycles. The summed E-state index contributed by atoms with van der Waals surface area (Å²) in [7, 11) is 1.54. The van der Waals surface area contributed by atoms with E-state index in [1.54, 1.807) is 17.4 Å². The van der Waals surface area contributed by atoms with Gasteiger partial charge >= 0.3 is 0 Å². The van der Waals surface area contributed by atoms with Gasteiger partial charge < -0.3 is 4.42 Å². The summed E-state index contributed by atoms with van der Waals surface area (Å²) in [6, 6.07) is 8.35. The van der Waals surface area contributed by atoms with Gasteiger partial charge in [-0.05, 0) is 23.6 Å². The molecule has 0 amide bonds. The van der Waals surface area contributed by atoms with Gasteiger partial charge in [-0.2, -0.15) is 0 Å². The molecule has 98 valence electrons. The van der Waals surface area contributed by atoms with Crippen LogP contribution in [0.3, 0.4) is 0 Å². The average molecular weight is 314 g/mol. The van der Waals surface area contributed by atoms with Gasteiger partial charge in [-0.1, -0.05) is 6.07 Å². The lowest BCUT2D eigenvalue weighted by Gasteiger charge is -1.93. The van der Waals surface area contributed by atoms with Crippen molar-refractivity contribution in [2.45, 2.75) is 11.3 Å². The summed E-state index contributed by atoms with van der Waals surface area (Å²) in [4.78, 5) is 5.46. The molecule has 0 aliphatic rings. The van der Waals surface area contributed by atoms with E-state index in [9.17, 15) is 8.42 Å². The van der Waals surface area contributed by atoms with Crippen molar-refractivity contribution in [1.29, 1.82) is 0 Å². The number of nitrogens with zero attached hydrogens (tertiary/aromatic N) is 1. The quantitative estimate of drug-likeness (QED) is 0.695. The van der Waals surface area contributed by atoms with Gasteiger partial charge in [0.15, 0.2) is 5.58 Å². The van der Waals surface area contributed by atoms with Crippen molar-refractivity contribution in [3.8, 4) is 0 Å². The van der Waals surface area contributed by atoms with Crippen LogP contribution in [0.4, 0.5) is 0 Å². The number of benzene rings is 1. The second-order valence-electron chi connectivity index (χ2n) is 3.93. The van der Waals surface area contributed by atoms with Gasteiger partial charge in [0, 0.05) is 21.6 Å². The molecule has 2 aromatic heterocycles. The third kappa shape index (κ3) is 2.65. The second-order valence-corrected chi connectivity index (χ2v) is 7.53. The summed E-state index contributed by atoms with van der Waals surface area (Å²) in [5, 5.41) is 1.98. The van der Waals surface area contributed by atoms with Crippen LogP contribution in [0.15, 0.2) is 45.0 Å². The van der Waals surface area contributed by atoms with Crippen molar-refractivity contribution in [3.63, 3.8) is 0 Å². The molecular formula is C12H8ClNO3S2. The van der Waals surface area contributed by atoms with E-state index in [0.717, 1.165) is 4.88 Å². The van der Waals surface area contributed by atoms with E-state index in [-0.39, 0.29) is 4.90 Å². The Balaban J connectivity index is 2.01. The molecule has 19 heavy (non-hydrogen) atoms. The zero-order valence-electron chi connectivity index (χ0n) is 9.54. The predicted molar refractivity (Wildman–Crippen MR) is 74.2 cm³/mol. The Morgan fingerprint density at radius 2 is 2.16 bits per heavy atom. The number of thiophene rings is 1. The van der Waals surface area contributed by atoms with E-state index >= 15 is 0 Å². The zero-order chi connectivity index (χ0) is 13.5. The highest BCUT2D eigenvalue weighted by Gasteiger charge is 2.13. The number of aromatic nitrogens is 1. The van der Waals surface area contributed by atoms with Crippen LogP contribution >= 0.6 is 22.0 Å². The SMILES string of the molecule is O=S(=O)(Cl)c1ccc2nc(Cc3cccs3)oc2c1. The molecule has 2 heterocycles. The third-order valence-electron chi connectivity index (χ3n) is 2.59. The van der Waals surface area contributed by atoms with E-state index in [1.165, 1.54) is 12.1 Å². The van der Waals surface area contributed by atoms with E-state index in [1.807, 2.05) is 17.5 Å². The van der Waals surface area contributed by atoms with E-state index < -0.39 is 9.05 Å². The molecule has 1 aromatic carbocycles. The van der Waals surface area contributed by atoms with Crippen molar-refractivity contribution < 1.29 is 12.8 Å². The molecule has 0 saturated carbocycles. The van der Waals surface area contributed by atoms with Gasteiger partial charge in [0.2, 0.25) is 5.89 Å². The van der Waals surface area contributed by atoms with Gasteiger partial charge in [0.05, 0.1) is 11.3 Å². The minimum atomic E-state index is -3.75. The summed E-state index contributed by atoms with van der Waals surface area (Å²) in [5.74, 6) is 0.557. The number of oxazole rings is 1. The molecule has 0 radical (unpaired) electrons. The number of hydrogen-bond acceptors (Lipinski definition) is 5. The summed E-state index contributed by atoms with van der Waals surface area (Å²) in [5.41, 5.74) is 1.05. The van der Waals surface area contributed by atoms with Crippen molar-refractivity contribution >= 4 is 42.2 Å².